The molecule has 0 fully saturated rings. The molecule has 5 heteroatoms. The van der Waals surface area contributed by atoms with Crippen molar-refractivity contribution < 1.29 is 13.6 Å². The zero-order valence-electron chi connectivity index (χ0n) is 10.8. The number of benzene rings is 1. The minimum atomic E-state index is -1.02. The lowest BCUT2D eigenvalue weighted by atomic mass is 9.93. The summed E-state index contributed by atoms with van der Waals surface area (Å²) >= 11 is 0. The molecule has 1 rings (SSSR count). The van der Waals surface area contributed by atoms with E-state index in [2.05, 4.69) is 0 Å². The molecule has 2 N–H and O–H groups in total. The van der Waals surface area contributed by atoms with Gasteiger partial charge in [-0.2, -0.15) is 0 Å². The highest BCUT2D eigenvalue weighted by atomic mass is 19.2. The van der Waals surface area contributed by atoms with Gasteiger partial charge in [-0.3, -0.25) is 4.79 Å². The Balaban J connectivity index is 2.83. The second kappa shape index (κ2) is 5.44. The number of carbonyl (C=O) groups is 1. The molecule has 0 atom stereocenters. The van der Waals surface area contributed by atoms with Gasteiger partial charge in [0, 0.05) is 19.2 Å². The Hall–Kier alpha value is -1.49. The molecule has 0 saturated carbocycles. The van der Waals surface area contributed by atoms with Gasteiger partial charge in [0.05, 0.1) is 0 Å². The number of nitrogens with zero attached hydrogens (tertiary/aromatic N) is 1. The van der Waals surface area contributed by atoms with Crippen LogP contribution in [0.1, 0.15) is 24.2 Å². The molecule has 0 unspecified atom stereocenters. The fourth-order valence-electron chi connectivity index (χ4n) is 1.63. The molecule has 0 saturated heterocycles. The van der Waals surface area contributed by atoms with Crippen molar-refractivity contribution in [1.82, 2.24) is 4.90 Å². The molecule has 0 bridgehead atoms. The van der Waals surface area contributed by atoms with Crippen molar-refractivity contribution in [2.75, 3.05) is 20.1 Å². The lowest BCUT2D eigenvalue weighted by molar-refractivity contribution is 0.0740. The van der Waals surface area contributed by atoms with Crippen molar-refractivity contribution in [3.8, 4) is 0 Å². The lowest BCUT2D eigenvalue weighted by Gasteiger charge is -2.29. The summed E-state index contributed by atoms with van der Waals surface area (Å²) in [6, 6.07) is 3.13. The molecule has 100 valence electrons. The molecule has 0 spiro atoms. The molecule has 18 heavy (non-hydrogen) atoms. The summed E-state index contributed by atoms with van der Waals surface area (Å²) in [5, 5.41) is 0. The van der Waals surface area contributed by atoms with E-state index in [4.69, 9.17) is 5.73 Å². The van der Waals surface area contributed by atoms with Crippen molar-refractivity contribution >= 4 is 5.91 Å². The van der Waals surface area contributed by atoms with E-state index in [0.717, 1.165) is 12.1 Å². The van der Waals surface area contributed by atoms with E-state index in [1.54, 1.807) is 7.05 Å². The highest BCUT2D eigenvalue weighted by Crippen LogP contribution is 2.16. The Bertz CT molecular complexity index is 447. The van der Waals surface area contributed by atoms with Gasteiger partial charge in [-0.25, -0.2) is 8.78 Å². The largest absolute Gasteiger partial charge is 0.341 e. The van der Waals surface area contributed by atoms with Crippen LogP contribution in [0, 0.1) is 17.0 Å². The van der Waals surface area contributed by atoms with Gasteiger partial charge in [0.15, 0.2) is 11.6 Å². The molecule has 1 amide bonds. The minimum absolute atomic E-state index is 0.129. The third kappa shape index (κ3) is 3.50. The van der Waals surface area contributed by atoms with E-state index >= 15 is 0 Å². The molecule has 0 aromatic heterocycles. The normalized spacial score (nSPS) is 11.4. The number of hydrogen-bond donors (Lipinski definition) is 1. The number of rotatable bonds is 4. The Labute approximate surface area is 106 Å². The van der Waals surface area contributed by atoms with Gasteiger partial charge in [-0.05, 0) is 30.2 Å². The number of nitrogens with two attached hydrogens (primary N) is 1. The molecule has 1 aromatic rings. The van der Waals surface area contributed by atoms with Crippen molar-refractivity contribution in [3.05, 3.63) is 35.4 Å². The van der Waals surface area contributed by atoms with Crippen molar-refractivity contribution in [1.29, 1.82) is 0 Å². The SMILES string of the molecule is CN(CC(C)(C)CN)C(=O)c1ccc(F)c(F)c1. The van der Waals surface area contributed by atoms with Crippen LogP contribution in [0.4, 0.5) is 8.78 Å². The Morgan fingerprint density at radius 2 is 1.94 bits per heavy atom. The van der Waals surface area contributed by atoms with Crippen LogP contribution in [0.5, 0.6) is 0 Å². The standard InChI is InChI=1S/C13H18F2N2O/c1-13(2,7-16)8-17(3)12(18)9-4-5-10(14)11(15)6-9/h4-6H,7-8,16H2,1-3H3. The summed E-state index contributed by atoms with van der Waals surface area (Å²) in [6.45, 7) is 4.74. The first-order valence-electron chi connectivity index (χ1n) is 5.67. The maximum Gasteiger partial charge on any atom is 0.253 e. The van der Waals surface area contributed by atoms with Crippen LogP contribution in [0.3, 0.4) is 0 Å². The second-order valence-corrected chi connectivity index (χ2v) is 5.16. The lowest BCUT2D eigenvalue weighted by Crippen LogP contribution is -2.39. The fraction of sp³-hybridized carbons (Fsp3) is 0.462. The summed E-state index contributed by atoms with van der Waals surface area (Å²) in [7, 11) is 1.61. The predicted octanol–water partition coefficient (Wildman–Crippen LogP) is 2.02. The molecule has 0 aliphatic rings. The van der Waals surface area contributed by atoms with Crippen molar-refractivity contribution in [2.24, 2.45) is 11.1 Å². The summed E-state index contributed by atoms with van der Waals surface area (Å²) in [5.41, 5.74) is 5.50. The van der Waals surface area contributed by atoms with Crippen LogP contribution in [0.15, 0.2) is 18.2 Å². The number of amides is 1. The first-order chi connectivity index (χ1) is 8.26. The zero-order valence-corrected chi connectivity index (χ0v) is 10.8. The number of hydrogen-bond acceptors (Lipinski definition) is 2. The first kappa shape index (κ1) is 14.6. The molecule has 0 aliphatic heterocycles. The highest BCUT2D eigenvalue weighted by Gasteiger charge is 2.22. The molecule has 3 nitrogen and oxygen atoms in total. The Morgan fingerprint density at radius 1 is 1.33 bits per heavy atom. The summed E-state index contributed by atoms with van der Waals surface area (Å²) in [4.78, 5) is 13.5. The Kier molecular flexibility index (Phi) is 4.40. The van der Waals surface area contributed by atoms with E-state index in [9.17, 15) is 13.6 Å². The van der Waals surface area contributed by atoms with Crippen LogP contribution >= 0.6 is 0 Å². The zero-order chi connectivity index (χ0) is 13.9. The van der Waals surface area contributed by atoms with Crippen LogP contribution in [0.25, 0.3) is 0 Å². The van der Waals surface area contributed by atoms with E-state index in [1.165, 1.54) is 11.0 Å². The van der Waals surface area contributed by atoms with E-state index in [0.29, 0.717) is 13.1 Å². The van der Waals surface area contributed by atoms with E-state index < -0.39 is 11.6 Å². The topological polar surface area (TPSA) is 46.3 Å². The number of halogens is 2. The van der Waals surface area contributed by atoms with Crippen molar-refractivity contribution in [2.45, 2.75) is 13.8 Å². The molecular formula is C13H18F2N2O. The average Bonchev–Trinajstić information content (AvgIpc) is 2.31. The molecule has 0 aliphatic carbocycles. The fourth-order valence-corrected chi connectivity index (χ4v) is 1.63. The van der Waals surface area contributed by atoms with Gasteiger partial charge in [0.25, 0.3) is 5.91 Å². The van der Waals surface area contributed by atoms with Crippen molar-refractivity contribution in [3.63, 3.8) is 0 Å². The van der Waals surface area contributed by atoms with Crippen LogP contribution in [-0.2, 0) is 0 Å². The van der Waals surface area contributed by atoms with Gasteiger partial charge in [0.2, 0.25) is 0 Å². The summed E-state index contributed by atoms with van der Waals surface area (Å²) in [6.07, 6.45) is 0. The first-order valence-corrected chi connectivity index (χ1v) is 5.67. The van der Waals surface area contributed by atoms with Gasteiger partial charge < -0.3 is 10.6 Å². The maximum atomic E-state index is 13.0. The average molecular weight is 256 g/mol. The van der Waals surface area contributed by atoms with E-state index in [1.807, 2.05) is 13.8 Å². The molecule has 1 aromatic carbocycles. The minimum Gasteiger partial charge on any atom is -0.341 e. The smallest absolute Gasteiger partial charge is 0.253 e. The Morgan fingerprint density at radius 3 is 2.44 bits per heavy atom. The molecular weight excluding hydrogens is 238 g/mol. The number of carbonyl (C=O) groups excluding carboxylic acids is 1. The quantitative estimate of drug-likeness (QED) is 0.895. The third-order valence-electron chi connectivity index (χ3n) is 2.73. The van der Waals surface area contributed by atoms with E-state index in [-0.39, 0.29) is 16.9 Å². The third-order valence-corrected chi connectivity index (χ3v) is 2.73. The summed E-state index contributed by atoms with van der Waals surface area (Å²) in [5.74, 6) is -2.33. The van der Waals surface area contributed by atoms with Crippen LogP contribution < -0.4 is 5.73 Å². The summed E-state index contributed by atoms with van der Waals surface area (Å²) < 4.78 is 25.8. The van der Waals surface area contributed by atoms with Gasteiger partial charge >= 0.3 is 0 Å². The maximum absolute atomic E-state index is 13.0. The van der Waals surface area contributed by atoms with Gasteiger partial charge in [-0.1, -0.05) is 13.8 Å². The molecule has 0 heterocycles. The molecule has 0 radical (unpaired) electrons. The van der Waals surface area contributed by atoms with Crippen LogP contribution in [0.2, 0.25) is 0 Å². The van der Waals surface area contributed by atoms with Gasteiger partial charge in [-0.15, -0.1) is 0 Å². The second-order valence-electron chi connectivity index (χ2n) is 5.16. The van der Waals surface area contributed by atoms with Gasteiger partial charge in [0.1, 0.15) is 0 Å². The monoisotopic (exact) mass is 256 g/mol. The predicted molar refractivity (Wildman–Crippen MR) is 66.2 cm³/mol. The van der Waals surface area contributed by atoms with Crippen LogP contribution in [-0.4, -0.2) is 30.9 Å². The highest BCUT2D eigenvalue weighted by molar-refractivity contribution is 5.94.